The fourth-order valence-electron chi connectivity index (χ4n) is 10.1. The number of fused-ring (bicyclic) bond motifs is 12. The van der Waals surface area contributed by atoms with Crippen LogP contribution in [0.2, 0.25) is 0 Å². The Morgan fingerprint density at radius 2 is 1.00 bits per heavy atom. The second-order valence-corrected chi connectivity index (χ2v) is 17.9. The van der Waals surface area contributed by atoms with Gasteiger partial charge in [0.1, 0.15) is 22.3 Å². The van der Waals surface area contributed by atoms with Crippen LogP contribution in [-0.4, -0.2) is 0 Å². The molecule has 0 aliphatic heterocycles. The van der Waals surface area contributed by atoms with Gasteiger partial charge in [-0.3, -0.25) is 0 Å². The summed E-state index contributed by atoms with van der Waals surface area (Å²) in [5.74, 6) is 0. The van der Waals surface area contributed by atoms with Crippen LogP contribution in [0.15, 0.2) is 197 Å². The molecule has 13 rings (SSSR count). The van der Waals surface area contributed by atoms with Gasteiger partial charge in [0.15, 0.2) is 0 Å². The van der Waals surface area contributed by atoms with Crippen molar-refractivity contribution in [3.63, 3.8) is 0 Å². The molecule has 3 aromatic heterocycles. The molecular formula is C57H37NO2S. The Labute approximate surface area is 356 Å². The molecule has 0 spiro atoms. The third-order valence-electron chi connectivity index (χ3n) is 13.1. The van der Waals surface area contributed by atoms with E-state index < -0.39 is 0 Å². The molecule has 3 heterocycles. The van der Waals surface area contributed by atoms with Crippen LogP contribution >= 0.6 is 11.3 Å². The van der Waals surface area contributed by atoms with Crippen molar-refractivity contribution in [1.29, 1.82) is 0 Å². The minimum absolute atomic E-state index is 0.136. The SMILES string of the molecule is CC1(C)c2ccccc2-c2ccc(N(c3ccc(-c4cccc5sc6ccccc6c45)cc3)c3ccc4oc5cc6c(cc5c4c3)oc3c(-c4ccccc4)cccc36)cc21. The number of hydrogen-bond acceptors (Lipinski definition) is 4. The quantitative estimate of drug-likeness (QED) is 0.174. The van der Waals surface area contributed by atoms with E-state index in [1.165, 1.54) is 53.6 Å². The number of nitrogens with zero attached hydrogens (tertiary/aromatic N) is 1. The molecule has 4 heteroatoms. The number of anilines is 3. The zero-order valence-corrected chi connectivity index (χ0v) is 34.4. The highest BCUT2D eigenvalue weighted by atomic mass is 32.1. The Hall–Kier alpha value is -7.40. The van der Waals surface area contributed by atoms with Crippen molar-refractivity contribution in [3.05, 3.63) is 199 Å². The average Bonchev–Trinajstić information content (AvgIpc) is 4.04. The van der Waals surface area contributed by atoms with E-state index in [0.717, 1.165) is 72.1 Å². The topological polar surface area (TPSA) is 29.5 Å². The predicted octanol–water partition coefficient (Wildman–Crippen LogP) is 17.0. The molecule has 0 atom stereocenters. The fraction of sp³-hybridized carbons (Fsp3) is 0.0526. The van der Waals surface area contributed by atoms with Gasteiger partial charge in [-0.15, -0.1) is 11.3 Å². The Kier molecular flexibility index (Phi) is 7.23. The lowest BCUT2D eigenvalue weighted by molar-refractivity contribution is 0.660. The Morgan fingerprint density at radius 1 is 0.393 bits per heavy atom. The van der Waals surface area contributed by atoms with Gasteiger partial charge in [0.25, 0.3) is 0 Å². The maximum atomic E-state index is 6.71. The number of thiophene rings is 1. The number of hydrogen-bond donors (Lipinski definition) is 0. The minimum Gasteiger partial charge on any atom is -0.456 e. The maximum absolute atomic E-state index is 6.71. The molecule has 12 aromatic rings. The van der Waals surface area contributed by atoms with Crippen LogP contribution in [-0.2, 0) is 5.41 Å². The Morgan fingerprint density at radius 3 is 1.89 bits per heavy atom. The zero-order chi connectivity index (χ0) is 40.4. The highest BCUT2D eigenvalue weighted by Crippen LogP contribution is 2.51. The van der Waals surface area contributed by atoms with Crippen molar-refractivity contribution >= 4 is 92.4 Å². The van der Waals surface area contributed by atoms with Crippen LogP contribution in [0.5, 0.6) is 0 Å². The molecule has 1 aliphatic carbocycles. The summed E-state index contributed by atoms with van der Waals surface area (Å²) in [7, 11) is 0. The third-order valence-corrected chi connectivity index (χ3v) is 14.2. The minimum atomic E-state index is -0.136. The lowest BCUT2D eigenvalue weighted by Gasteiger charge is -2.28. The van der Waals surface area contributed by atoms with E-state index in [4.69, 9.17) is 8.83 Å². The molecule has 0 radical (unpaired) electrons. The molecule has 288 valence electrons. The number of furan rings is 2. The molecule has 0 saturated carbocycles. The normalized spacial score (nSPS) is 13.2. The second kappa shape index (κ2) is 12.8. The summed E-state index contributed by atoms with van der Waals surface area (Å²) >= 11 is 1.86. The van der Waals surface area contributed by atoms with E-state index in [0.29, 0.717) is 0 Å². The highest BCUT2D eigenvalue weighted by molar-refractivity contribution is 7.25. The molecule has 0 saturated heterocycles. The summed E-state index contributed by atoms with van der Waals surface area (Å²) in [6.45, 7) is 4.70. The van der Waals surface area contributed by atoms with Gasteiger partial charge in [-0.1, -0.05) is 135 Å². The molecule has 3 nitrogen and oxygen atoms in total. The molecule has 0 fully saturated rings. The van der Waals surface area contributed by atoms with Crippen molar-refractivity contribution in [3.8, 4) is 33.4 Å². The van der Waals surface area contributed by atoms with Gasteiger partial charge in [0.05, 0.1) is 0 Å². The lowest BCUT2D eigenvalue weighted by atomic mass is 9.82. The molecule has 0 N–H and O–H groups in total. The summed E-state index contributed by atoms with van der Waals surface area (Å²) in [6.07, 6.45) is 0. The molecular weight excluding hydrogens is 763 g/mol. The average molecular weight is 800 g/mol. The standard InChI is InChI=1S/C57H37NO2S/c1-57(2)48-19-8-6-14-41(48)42-28-26-38(31-49(42)57)58(36-24-22-35(23-25-36)39-16-11-21-54-55(39)44-15-7-9-20-53(44)61-54)37-27-29-50-45(30-37)47-33-52-46(32-51(47)59-50)43-18-10-17-40(56(43)60-52)34-12-4-3-5-13-34/h3-33H,1-2H3. The maximum Gasteiger partial charge on any atom is 0.143 e. The van der Waals surface area contributed by atoms with Crippen molar-refractivity contribution < 1.29 is 8.83 Å². The van der Waals surface area contributed by atoms with Gasteiger partial charge >= 0.3 is 0 Å². The van der Waals surface area contributed by atoms with Crippen LogP contribution in [0.25, 0.3) is 97.4 Å². The summed E-state index contributed by atoms with van der Waals surface area (Å²) in [5.41, 5.74) is 16.5. The van der Waals surface area contributed by atoms with E-state index in [2.05, 4.69) is 201 Å². The smallest absolute Gasteiger partial charge is 0.143 e. The van der Waals surface area contributed by atoms with Crippen LogP contribution in [0.3, 0.4) is 0 Å². The molecule has 1 aliphatic rings. The number of rotatable bonds is 5. The summed E-state index contributed by atoms with van der Waals surface area (Å²) < 4.78 is 16.0. The second-order valence-electron chi connectivity index (χ2n) is 16.8. The first kappa shape index (κ1) is 34.5. The number of benzene rings is 9. The van der Waals surface area contributed by atoms with Crippen LogP contribution in [0.1, 0.15) is 25.0 Å². The van der Waals surface area contributed by atoms with Gasteiger partial charge in [0, 0.05) is 69.8 Å². The summed E-state index contributed by atoms with van der Waals surface area (Å²) in [6, 6.07) is 68.1. The van der Waals surface area contributed by atoms with Gasteiger partial charge in [-0.25, -0.2) is 0 Å². The molecule has 0 amide bonds. The van der Waals surface area contributed by atoms with Crippen LogP contribution < -0.4 is 4.90 Å². The molecule has 9 aromatic carbocycles. The first-order valence-corrected chi connectivity index (χ1v) is 21.7. The fourth-order valence-corrected chi connectivity index (χ4v) is 11.3. The van der Waals surface area contributed by atoms with E-state index in [-0.39, 0.29) is 5.41 Å². The largest absolute Gasteiger partial charge is 0.456 e. The zero-order valence-electron chi connectivity index (χ0n) is 33.6. The van der Waals surface area contributed by atoms with E-state index in [9.17, 15) is 0 Å². The summed E-state index contributed by atoms with van der Waals surface area (Å²) in [4.78, 5) is 2.40. The van der Waals surface area contributed by atoms with E-state index in [1.807, 2.05) is 17.4 Å². The van der Waals surface area contributed by atoms with Gasteiger partial charge < -0.3 is 13.7 Å². The summed E-state index contributed by atoms with van der Waals surface area (Å²) in [5, 5.41) is 6.84. The Bertz CT molecular complexity index is 3740. The van der Waals surface area contributed by atoms with Gasteiger partial charge in [-0.2, -0.15) is 0 Å². The van der Waals surface area contributed by atoms with E-state index >= 15 is 0 Å². The lowest BCUT2D eigenvalue weighted by Crippen LogP contribution is -2.16. The van der Waals surface area contributed by atoms with Crippen molar-refractivity contribution in [2.75, 3.05) is 4.90 Å². The van der Waals surface area contributed by atoms with Crippen molar-refractivity contribution in [2.24, 2.45) is 0 Å². The van der Waals surface area contributed by atoms with Crippen molar-refractivity contribution in [1.82, 2.24) is 0 Å². The third kappa shape index (κ3) is 5.09. The van der Waals surface area contributed by atoms with Gasteiger partial charge in [-0.05, 0) is 106 Å². The first-order valence-electron chi connectivity index (χ1n) is 20.9. The van der Waals surface area contributed by atoms with Crippen molar-refractivity contribution in [2.45, 2.75) is 19.3 Å². The van der Waals surface area contributed by atoms with Crippen LogP contribution in [0.4, 0.5) is 17.1 Å². The number of para-hydroxylation sites is 1. The molecule has 0 unspecified atom stereocenters. The van der Waals surface area contributed by atoms with Crippen LogP contribution in [0, 0.1) is 0 Å². The van der Waals surface area contributed by atoms with E-state index in [1.54, 1.807) is 0 Å². The highest BCUT2D eigenvalue weighted by Gasteiger charge is 2.36. The molecule has 0 bridgehead atoms. The predicted molar refractivity (Wildman–Crippen MR) is 257 cm³/mol. The Balaban J connectivity index is 0.982. The monoisotopic (exact) mass is 799 g/mol. The molecule has 61 heavy (non-hydrogen) atoms. The van der Waals surface area contributed by atoms with Gasteiger partial charge in [0.2, 0.25) is 0 Å². The first-order chi connectivity index (χ1) is 30.0.